The summed E-state index contributed by atoms with van der Waals surface area (Å²) in [6.07, 6.45) is 1.05. The van der Waals surface area contributed by atoms with Gasteiger partial charge in [0, 0.05) is 23.7 Å². The van der Waals surface area contributed by atoms with Gasteiger partial charge in [-0.1, -0.05) is 12.1 Å². The molecule has 2 N–H and O–H groups in total. The first-order valence-corrected chi connectivity index (χ1v) is 5.44. The molecule has 2 heteroatoms. The first-order valence-electron chi connectivity index (χ1n) is 5.44. The van der Waals surface area contributed by atoms with Crippen LogP contribution < -0.4 is 5.32 Å². The van der Waals surface area contributed by atoms with Crippen LogP contribution in [-0.4, -0.2) is 18.1 Å². The van der Waals surface area contributed by atoms with Crippen molar-refractivity contribution in [2.24, 2.45) is 0 Å². The summed E-state index contributed by atoms with van der Waals surface area (Å²) in [5.74, 6) is 0. The van der Waals surface area contributed by atoms with Crippen LogP contribution in [0.4, 0.5) is 0 Å². The maximum Gasteiger partial charge on any atom is 0.0458 e. The average Bonchev–Trinajstić information content (AvgIpc) is 2.59. The third-order valence-electron chi connectivity index (χ3n) is 2.85. The lowest BCUT2D eigenvalue weighted by molar-refractivity contribution is 0.603. The summed E-state index contributed by atoms with van der Waals surface area (Å²) in [6.45, 7) is 4.31. The van der Waals surface area contributed by atoms with Crippen LogP contribution in [0.5, 0.6) is 0 Å². The lowest BCUT2D eigenvalue weighted by atomic mass is 10.1. The predicted molar refractivity (Wildman–Crippen MR) is 65.3 cm³/mol. The van der Waals surface area contributed by atoms with Crippen LogP contribution in [0.15, 0.2) is 24.3 Å². The summed E-state index contributed by atoms with van der Waals surface area (Å²) >= 11 is 0. The molecule has 1 unspecified atom stereocenters. The van der Waals surface area contributed by atoms with E-state index in [-0.39, 0.29) is 0 Å². The van der Waals surface area contributed by atoms with Gasteiger partial charge in [-0.05, 0) is 44.0 Å². The van der Waals surface area contributed by atoms with Crippen molar-refractivity contribution in [2.45, 2.75) is 26.3 Å². The highest BCUT2D eigenvalue weighted by atomic mass is 14.9. The Labute approximate surface area is 90.7 Å². The minimum absolute atomic E-state index is 0.513. The SMILES string of the molecule is CNC(C)Cc1cc2ccc(C)cc2[nH]1. The molecule has 0 spiro atoms. The molecule has 1 aromatic carbocycles. The van der Waals surface area contributed by atoms with Crippen molar-refractivity contribution in [1.82, 2.24) is 10.3 Å². The Kier molecular flexibility index (Phi) is 2.78. The number of rotatable bonds is 3. The van der Waals surface area contributed by atoms with Crippen molar-refractivity contribution in [3.8, 4) is 0 Å². The second kappa shape index (κ2) is 4.07. The second-order valence-electron chi connectivity index (χ2n) is 4.28. The van der Waals surface area contributed by atoms with Gasteiger partial charge in [0.05, 0.1) is 0 Å². The van der Waals surface area contributed by atoms with Gasteiger partial charge in [0.1, 0.15) is 0 Å². The summed E-state index contributed by atoms with van der Waals surface area (Å²) < 4.78 is 0. The average molecular weight is 202 g/mol. The van der Waals surface area contributed by atoms with Gasteiger partial charge in [0.2, 0.25) is 0 Å². The number of nitrogens with one attached hydrogen (secondary N) is 2. The molecule has 2 aromatic rings. The monoisotopic (exact) mass is 202 g/mol. The first kappa shape index (κ1) is 10.2. The van der Waals surface area contributed by atoms with E-state index in [1.54, 1.807) is 0 Å². The Balaban J connectivity index is 2.30. The number of fused-ring (bicyclic) bond motifs is 1. The molecular formula is C13H18N2. The van der Waals surface area contributed by atoms with Crippen LogP contribution in [0.2, 0.25) is 0 Å². The molecule has 0 aliphatic rings. The molecule has 0 amide bonds. The number of aryl methyl sites for hydroxylation is 1. The van der Waals surface area contributed by atoms with Gasteiger partial charge in [0.25, 0.3) is 0 Å². The molecule has 0 bridgehead atoms. The molecule has 2 nitrogen and oxygen atoms in total. The maximum absolute atomic E-state index is 3.46. The van der Waals surface area contributed by atoms with E-state index in [0.29, 0.717) is 6.04 Å². The largest absolute Gasteiger partial charge is 0.358 e. The maximum atomic E-state index is 3.46. The van der Waals surface area contributed by atoms with Crippen molar-refractivity contribution >= 4 is 10.9 Å². The fourth-order valence-electron chi connectivity index (χ4n) is 1.84. The third kappa shape index (κ3) is 2.21. The van der Waals surface area contributed by atoms with Crippen LogP contribution in [0.1, 0.15) is 18.2 Å². The van der Waals surface area contributed by atoms with Crippen molar-refractivity contribution in [1.29, 1.82) is 0 Å². The van der Waals surface area contributed by atoms with Crippen LogP contribution in [-0.2, 0) is 6.42 Å². The van der Waals surface area contributed by atoms with Gasteiger partial charge in [-0.3, -0.25) is 0 Å². The summed E-state index contributed by atoms with van der Waals surface area (Å²) in [6, 6.07) is 9.28. The zero-order valence-corrected chi connectivity index (χ0v) is 9.59. The van der Waals surface area contributed by atoms with Gasteiger partial charge in [0.15, 0.2) is 0 Å². The molecule has 0 saturated heterocycles. The Morgan fingerprint density at radius 1 is 1.33 bits per heavy atom. The lowest BCUT2D eigenvalue weighted by Crippen LogP contribution is -2.23. The van der Waals surface area contributed by atoms with E-state index in [2.05, 4.69) is 48.4 Å². The molecule has 2 rings (SSSR count). The van der Waals surface area contributed by atoms with Crippen molar-refractivity contribution < 1.29 is 0 Å². The minimum Gasteiger partial charge on any atom is -0.358 e. The fourth-order valence-corrected chi connectivity index (χ4v) is 1.84. The molecule has 1 aromatic heterocycles. The fraction of sp³-hybridized carbons (Fsp3) is 0.385. The van der Waals surface area contributed by atoms with E-state index in [4.69, 9.17) is 0 Å². The molecule has 80 valence electrons. The quantitative estimate of drug-likeness (QED) is 0.786. The Morgan fingerprint density at radius 3 is 2.87 bits per heavy atom. The molecular weight excluding hydrogens is 184 g/mol. The van der Waals surface area contributed by atoms with Gasteiger partial charge < -0.3 is 10.3 Å². The van der Waals surface area contributed by atoms with E-state index in [1.165, 1.54) is 22.2 Å². The van der Waals surface area contributed by atoms with E-state index in [1.807, 2.05) is 7.05 Å². The summed E-state index contributed by atoms with van der Waals surface area (Å²) in [5.41, 5.74) is 3.85. The summed E-state index contributed by atoms with van der Waals surface area (Å²) in [5, 5.41) is 4.55. The Bertz CT molecular complexity index is 457. The van der Waals surface area contributed by atoms with Crippen LogP contribution in [0.25, 0.3) is 10.9 Å². The third-order valence-corrected chi connectivity index (χ3v) is 2.85. The second-order valence-corrected chi connectivity index (χ2v) is 4.28. The summed E-state index contributed by atoms with van der Waals surface area (Å²) in [4.78, 5) is 3.46. The number of benzene rings is 1. The standard InChI is InChI=1S/C13H18N2/c1-9-4-5-11-8-12(7-10(2)14-3)15-13(11)6-9/h4-6,8,10,14-15H,7H2,1-3H3. The van der Waals surface area contributed by atoms with Crippen molar-refractivity contribution in [3.63, 3.8) is 0 Å². The van der Waals surface area contributed by atoms with Gasteiger partial charge >= 0.3 is 0 Å². The number of hydrogen-bond donors (Lipinski definition) is 2. The van der Waals surface area contributed by atoms with Crippen LogP contribution in [0.3, 0.4) is 0 Å². The summed E-state index contributed by atoms with van der Waals surface area (Å²) in [7, 11) is 2.00. The zero-order chi connectivity index (χ0) is 10.8. The lowest BCUT2D eigenvalue weighted by Gasteiger charge is -2.07. The van der Waals surface area contributed by atoms with E-state index >= 15 is 0 Å². The topological polar surface area (TPSA) is 27.8 Å². The predicted octanol–water partition coefficient (Wildman–Crippen LogP) is 2.63. The van der Waals surface area contributed by atoms with Gasteiger partial charge in [-0.2, -0.15) is 0 Å². The molecule has 0 saturated carbocycles. The number of H-pyrrole nitrogens is 1. The molecule has 0 radical (unpaired) electrons. The molecule has 0 aliphatic carbocycles. The molecule has 0 fully saturated rings. The molecule has 1 atom stereocenters. The molecule has 0 aliphatic heterocycles. The van der Waals surface area contributed by atoms with E-state index in [9.17, 15) is 0 Å². The van der Waals surface area contributed by atoms with Gasteiger partial charge in [-0.25, -0.2) is 0 Å². The van der Waals surface area contributed by atoms with Crippen molar-refractivity contribution in [2.75, 3.05) is 7.05 Å². The van der Waals surface area contributed by atoms with Crippen LogP contribution in [0, 0.1) is 6.92 Å². The smallest absolute Gasteiger partial charge is 0.0458 e. The highest BCUT2D eigenvalue weighted by Gasteiger charge is 2.04. The Hall–Kier alpha value is -1.28. The number of aromatic nitrogens is 1. The first-order chi connectivity index (χ1) is 7.19. The van der Waals surface area contributed by atoms with E-state index in [0.717, 1.165) is 6.42 Å². The normalized spacial score (nSPS) is 13.3. The Morgan fingerprint density at radius 2 is 2.13 bits per heavy atom. The highest BCUT2D eigenvalue weighted by Crippen LogP contribution is 2.17. The van der Waals surface area contributed by atoms with Gasteiger partial charge in [-0.15, -0.1) is 0 Å². The van der Waals surface area contributed by atoms with Crippen molar-refractivity contribution in [3.05, 3.63) is 35.5 Å². The number of aromatic amines is 1. The molecule has 1 heterocycles. The van der Waals surface area contributed by atoms with Crippen LogP contribution >= 0.6 is 0 Å². The number of hydrogen-bond acceptors (Lipinski definition) is 1. The number of likely N-dealkylation sites (N-methyl/N-ethyl adjacent to an activating group) is 1. The molecule has 15 heavy (non-hydrogen) atoms. The zero-order valence-electron chi connectivity index (χ0n) is 9.59. The minimum atomic E-state index is 0.513. The van der Waals surface area contributed by atoms with E-state index < -0.39 is 0 Å². The highest BCUT2D eigenvalue weighted by molar-refractivity contribution is 5.81.